The van der Waals surface area contributed by atoms with Gasteiger partial charge < -0.3 is 5.73 Å². The lowest BCUT2D eigenvalue weighted by molar-refractivity contribution is 1.01. The molecule has 0 saturated carbocycles. The summed E-state index contributed by atoms with van der Waals surface area (Å²) in [4.78, 5) is 4.38. The molecule has 0 fully saturated rings. The van der Waals surface area contributed by atoms with E-state index in [9.17, 15) is 0 Å². The summed E-state index contributed by atoms with van der Waals surface area (Å²) < 4.78 is 0. The van der Waals surface area contributed by atoms with Crippen LogP contribution in [0.25, 0.3) is 10.9 Å². The first-order valence-electron chi connectivity index (χ1n) is 4.40. The van der Waals surface area contributed by atoms with Gasteiger partial charge in [0.05, 0.1) is 11.2 Å². The van der Waals surface area contributed by atoms with Gasteiger partial charge in [0.2, 0.25) is 0 Å². The summed E-state index contributed by atoms with van der Waals surface area (Å²) in [7, 11) is 0. The molecule has 0 unspecified atom stereocenters. The van der Waals surface area contributed by atoms with Crippen molar-refractivity contribution in [1.29, 1.82) is 0 Å². The molecule has 0 atom stereocenters. The minimum absolute atomic E-state index is 0.465. The molecule has 0 aliphatic rings. The molecule has 0 aliphatic heterocycles. The minimum Gasteiger partial charge on any atom is -0.325 e. The van der Waals surface area contributed by atoms with Crippen molar-refractivity contribution in [1.82, 2.24) is 4.98 Å². The van der Waals surface area contributed by atoms with Crippen molar-refractivity contribution in [3.05, 3.63) is 41.6 Å². The van der Waals surface area contributed by atoms with Gasteiger partial charge in [-0.1, -0.05) is 12.0 Å². The van der Waals surface area contributed by atoms with Gasteiger partial charge in [-0.25, -0.2) is 0 Å². The molecule has 0 aliphatic carbocycles. The average molecular weight is 182 g/mol. The first-order chi connectivity index (χ1) is 6.83. The molecule has 1 aromatic carbocycles. The zero-order valence-corrected chi connectivity index (χ0v) is 7.70. The van der Waals surface area contributed by atoms with Crippen LogP contribution in [0.2, 0.25) is 0 Å². The molecule has 0 spiro atoms. The summed E-state index contributed by atoms with van der Waals surface area (Å²) in [6, 6.07) is 9.66. The Morgan fingerprint density at radius 2 is 2.14 bits per heavy atom. The number of fused-ring (bicyclic) bond motifs is 1. The van der Waals surface area contributed by atoms with E-state index in [1.165, 1.54) is 0 Å². The van der Waals surface area contributed by atoms with Gasteiger partial charge in [-0.2, -0.15) is 0 Å². The second kappa shape index (κ2) is 3.49. The van der Waals surface area contributed by atoms with Crippen LogP contribution >= 0.6 is 0 Å². The van der Waals surface area contributed by atoms with Gasteiger partial charge in [0.15, 0.2) is 0 Å². The Morgan fingerprint density at radius 3 is 2.86 bits per heavy atom. The molecule has 2 nitrogen and oxygen atoms in total. The van der Waals surface area contributed by atoms with Crippen LogP contribution in [0.1, 0.15) is 11.3 Å². The fourth-order valence-corrected chi connectivity index (χ4v) is 1.37. The van der Waals surface area contributed by atoms with Crippen LogP contribution in [-0.2, 0) is 6.54 Å². The maximum absolute atomic E-state index is 5.50. The van der Waals surface area contributed by atoms with Crippen LogP contribution in [0, 0.1) is 12.3 Å². The maximum atomic E-state index is 5.50. The summed E-state index contributed by atoms with van der Waals surface area (Å²) in [6.07, 6.45) is 5.31. The number of rotatable bonds is 1. The Kier molecular flexibility index (Phi) is 2.18. The van der Waals surface area contributed by atoms with Crippen molar-refractivity contribution in [3.8, 4) is 12.3 Å². The predicted molar refractivity (Wildman–Crippen MR) is 57.6 cm³/mol. The number of hydrogen-bond donors (Lipinski definition) is 1. The zero-order chi connectivity index (χ0) is 9.97. The summed E-state index contributed by atoms with van der Waals surface area (Å²) >= 11 is 0. The number of terminal acetylenes is 1. The molecule has 2 aromatic rings. The van der Waals surface area contributed by atoms with Crippen molar-refractivity contribution in [2.24, 2.45) is 5.73 Å². The van der Waals surface area contributed by atoms with E-state index in [1.807, 2.05) is 30.3 Å². The van der Waals surface area contributed by atoms with Gasteiger partial charge in [-0.15, -0.1) is 6.42 Å². The molecule has 0 radical (unpaired) electrons. The van der Waals surface area contributed by atoms with Crippen molar-refractivity contribution >= 4 is 10.9 Å². The summed E-state index contributed by atoms with van der Waals surface area (Å²) in [5.41, 5.74) is 8.21. The summed E-state index contributed by atoms with van der Waals surface area (Å²) in [6.45, 7) is 0.465. The highest BCUT2D eigenvalue weighted by Gasteiger charge is 1.97. The van der Waals surface area contributed by atoms with E-state index >= 15 is 0 Å². The van der Waals surface area contributed by atoms with E-state index in [4.69, 9.17) is 12.2 Å². The van der Waals surface area contributed by atoms with Crippen molar-refractivity contribution < 1.29 is 0 Å². The van der Waals surface area contributed by atoms with Crippen LogP contribution in [-0.4, -0.2) is 4.98 Å². The standard InChI is InChI=1S/C12H10N2/c1-2-9-3-6-12-10(7-9)4-5-11(8-13)14-12/h1,3-7H,8,13H2. The maximum Gasteiger partial charge on any atom is 0.0706 e. The van der Waals surface area contributed by atoms with Crippen LogP contribution in [0.3, 0.4) is 0 Å². The molecule has 2 N–H and O–H groups in total. The molecular formula is C12H10N2. The van der Waals surface area contributed by atoms with E-state index in [0.29, 0.717) is 6.54 Å². The topological polar surface area (TPSA) is 38.9 Å². The Balaban J connectivity index is 2.64. The third kappa shape index (κ3) is 1.46. The third-order valence-electron chi connectivity index (χ3n) is 2.12. The SMILES string of the molecule is C#Cc1ccc2nc(CN)ccc2c1. The van der Waals surface area contributed by atoms with E-state index in [1.54, 1.807) is 0 Å². The zero-order valence-electron chi connectivity index (χ0n) is 7.70. The molecule has 0 bridgehead atoms. The monoisotopic (exact) mass is 182 g/mol. The first kappa shape index (κ1) is 8.74. The van der Waals surface area contributed by atoms with Crippen molar-refractivity contribution in [3.63, 3.8) is 0 Å². The second-order valence-corrected chi connectivity index (χ2v) is 3.06. The lowest BCUT2D eigenvalue weighted by Gasteiger charge is -2.00. The van der Waals surface area contributed by atoms with Crippen molar-refractivity contribution in [2.75, 3.05) is 0 Å². The number of benzene rings is 1. The van der Waals surface area contributed by atoms with Gasteiger partial charge >= 0.3 is 0 Å². The fraction of sp³-hybridized carbons (Fsp3) is 0.0833. The van der Waals surface area contributed by atoms with Crippen LogP contribution < -0.4 is 5.73 Å². The molecular weight excluding hydrogens is 172 g/mol. The molecule has 14 heavy (non-hydrogen) atoms. The third-order valence-corrected chi connectivity index (χ3v) is 2.12. The fourth-order valence-electron chi connectivity index (χ4n) is 1.37. The smallest absolute Gasteiger partial charge is 0.0706 e. The Morgan fingerprint density at radius 1 is 1.29 bits per heavy atom. The quantitative estimate of drug-likeness (QED) is 0.681. The first-order valence-corrected chi connectivity index (χ1v) is 4.40. The van der Waals surface area contributed by atoms with Gasteiger partial charge in [-0.05, 0) is 24.3 Å². The van der Waals surface area contributed by atoms with E-state index in [2.05, 4.69) is 10.9 Å². The van der Waals surface area contributed by atoms with E-state index < -0.39 is 0 Å². The molecule has 2 rings (SSSR count). The highest BCUT2D eigenvalue weighted by atomic mass is 14.7. The molecule has 1 heterocycles. The number of nitrogens with zero attached hydrogens (tertiary/aromatic N) is 1. The lowest BCUT2D eigenvalue weighted by Crippen LogP contribution is -1.98. The number of hydrogen-bond acceptors (Lipinski definition) is 2. The molecule has 0 saturated heterocycles. The molecule has 1 aromatic heterocycles. The lowest BCUT2D eigenvalue weighted by atomic mass is 10.1. The van der Waals surface area contributed by atoms with Gasteiger partial charge in [0.1, 0.15) is 0 Å². The Bertz CT molecular complexity index is 509. The van der Waals surface area contributed by atoms with Crippen LogP contribution in [0.5, 0.6) is 0 Å². The Hall–Kier alpha value is -1.85. The number of nitrogens with two attached hydrogens (primary N) is 1. The number of pyridine rings is 1. The average Bonchev–Trinajstić information content (AvgIpc) is 2.27. The van der Waals surface area contributed by atoms with Crippen LogP contribution in [0.4, 0.5) is 0 Å². The highest BCUT2D eigenvalue weighted by Crippen LogP contribution is 2.14. The second-order valence-electron chi connectivity index (χ2n) is 3.06. The normalized spacial score (nSPS) is 10.0. The molecule has 0 amide bonds. The van der Waals surface area contributed by atoms with Gasteiger partial charge in [0, 0.05) is 17.5 Å². The number of aromatic nitrogens is 1. The van der Waals surface area contributed by atoms with Gasteiger partial charge in [-0.3, -0.25) is 4.98 Å². The summed E-state index contributed by atoms with van der Waals surface area (Å²) in [5.74, 6) is 2.60. The highest BCUT2D eigenvalue weighted by molar-refractivity contribution is 5.80. The largest absolute Gasteiger partial charge is 0.325 e. The van der Waals surface area contributed by atoms with E-state index in [-0.39, 0.29) is 0 Å². The minimum atomic E-state index is 0.465. The Labute approximate surface area is 82.8 Å². The van der Waals surface area contributed by atoms with E-state index in [0.717, 1.165) is 22.2 Å². The summed E-state index contributed by atoms with van der Waals surface area (Å²) in [5, 5.41) is 1.05. The predicted octanol–water partition coefficient (Wildman–Crippen LogP) is 1.67. The van der Waals surface area contributed by atoms with Crippen LogP contribution in [0.15, 0.2) is 30.3 Å². The van der Waals surface area contributed by atoms with Gasteiger partial charge in [0.25, 0.3) is 0 Å². The van der Waals surface area contributed by atoms with Crippen molar-refractivity contribution in [2.45, 2.75) is 6.54 Å². The molecule has 68 valence electrons. The molecule has 2 heteroatoms.